The van der Waals surface area contributed by atoms with E-state index in [2.05, 4.69) is 31.4 Å². The molecule has 3 amide bonds. The van der Waals surface area contributed by atoms with Crippen molar-refractivity contribution in [2.45, 2.75) is 76.7 Å². The van der Waals surface area contributed by atoms with Gasteiger partial charge in [-0.3, -0.25) is 14.4 Å². The normalized spacial score (nSPS) is 36.7. The Morgan fingerprint density at radius 1 is 1.17 bits per heavy atom. The van der Waals surface area contributed by atoms with Crippen molar-refractivity contribution in [1.29, 1.82) is 0 Å². The summed E-state index contributed by atoms with van der Waals surface area (Å²) in [5.74, 6) is -1.14. The summed E-state index contributed by atoms with van der Waals surface area (Å²) in [5.41, 5.74) is -0.515. The fraction of sp³-hybridized carbons (Fsp3) is 0.607. The molecule has 3 aliphatic heterocycles. The van der Waals surface area contributed by atoms with Crippen molar-refractivity contribution < 1.29 is 19.1 Å². The fourth-order valence-corrected chi connectivity index (χ4v) is 6.77. The summed E-state index contributed by atoms with van der Waals surface area (Å²) < 4.78 is 6.41. The average Bonchev–Trinajstić information content (AvgIpc) is 3.49. The Morgan fingerprint density at radius 2 is 1.92 bits per heavy atom. The van der Waals surface area contributed by atoms with E-state index in [0.29, 0.717) is 29.1 Å². The average molecular weight is 514 g/mol. The third-order valence-corrected chi connectivity index (χ3v) is 9.08. The minimum absolute atomic E-state index is 0.0754. The molecule has 2 saturated heterocycles. The quantitative estimate of drug-likeness (QED) is 0.536. The molecule has 2 N–H and O–H groups in total. The van der Waals surface area contributed by atoms with Crippen LogP contribution in [0.1, 0.15) is 52.9 Å². The Balaban J connectivity index is 1.42. The lowest BCUT2D eigenvalue weighted by Crippen LogP contribution is -2.58. The highest BCUT2D eigenvalue weighted by Gasteiger charge is 2.72. The van der Waals surface area contributed by atoms with Gasteiger partial charge in [0.25, 0.3) is 0 Å². The van der Waals surface area contributed by atoms with Crippen LogP contribution in [0, 0.1) is 23.7 Å². The second-order valence-electron chi connectivity index (χ2n) is 11.0. The van der Waals surface area contributed by atoms with Crippen LogP contribution in [0.3, 0.4) is 0 Å². The number of amides is 3. The first kappa shape index (κ1) is 25.3. The molecule has 3 fully saturated rings. The van der Waals surface area contributed by atoms with Crippen LogP contribution in [0.5, 0.6) is 0 Å². The molecule has 194 valence electrons. The van der Waals surface area contributed by atoms with Gasteiger partial charge >= 0.3 is 0 Å². The maximum atomic E-state index is 13.9. The van der Waals surface area contributed by atoms with E-state index in [1.54, 1.807) is 29.2 Å². The van der Waals surface area contributed by atoms with Crippen LogP contribution < -0.4 is 10.6 Å². The number of rotatable bonds is 7. The molecule has 1 aliphatic carbocycles. The second-order valence-corrected chi connectivity index (χ2v) is 11.4. The van der Waals surface area contributed by atoms with E-state index in [9.17, 15) is 14.4 Å². The molecule has 1 saturated carbocycles. The number of nitrogens with zero attached hydrogens (tertiary/aromatic N) is 1. The van der Waals surface area contributed by atoms with Gasteiger partial charge in [-0.25, -0.2) is 0 Å². The summed E-state index contributed by atoms with van der Waals surface area (Å²) in [6.07, 6.45) is 8.05. The van der Waals surface area contributed by atoms with Crippen molar-refractivity contribution >= 4 is 35.0 Å². The first-order chi connectivity index (χ1) is 17.3. The van der Waals surface area contributed by atoms with Crippen LogP contribution in [0.15, 0.2) is 36.4 Å². The van der Waals surface area contributed by atoms with Crippen molar-refractivity contribution in [3.63, 3.8) is 0 Å². The molecular weight excluding hydrogens is 478 g/mol. The van der Waals surface area contributed by atoms with Gasteiger partial charge < -0.3 is 20.3 Å². The first-order valence-corrected chi connectivity index (χ1v) is 13.7. The van der Waals surface area contributed by atoms with E-state index in [1.165, 1.54) is 6.42 Å². The van der Waals surface area contributed by atoms with Gasteiger partial charge in [0.2, 0.25) is 17.7 Å². The summed E-state index contributed by atoms with van der Waals surface area (Å²) in [6, 6.07) is 6.17. The Labute approximate surface area is 218 Å². The zero-order chi connectivity index (χ0) is 25.6. The van der Waals surface area contributed by atoms with Gasteiger partial charge in [0.05, 0.1) is 17.9 Å². The Morgan fingerprint density at radius 3 is 2.64 bits per heavy atom. The number of carbonyl (C=O) groups is 3. The van der Waals surface area contributed by atoms with E-state index >= 15 is 0 Å². The number of benzene rings is 1. The van der Waals surface area contributed by atoms with E-state index in [-0.39, 0.29) is 23.8 Å². The van der Waals surface area contributed by atoms with Gasteiger partial charge in [0.1, 0.15) is 11.6 Å². The Kier molecular flexibility index (Phi) is 6.90. The number of fused-ring (bicyclic) bond motifs is 1. The lowest BCUT2D eigenvalue weighted by atomic mass is 9.73. The zero-order valence-electron chi connectivity index (χ0n) is 21.2. The van der Waals surface area contributed by atoms with Gasteiger partial charge in [-0.15, -0.1) is 0 Å². The summed E-state index contributed by atoms with van der Waals surface area (Å²) in [7, 11) is 0. The maximum absolute atomic E-state index is 13.9. The number of ether oxygens (including phenoxy) is 1. The minimum Gasteiger partial charge on any atom is -0.359 e. The summed E-state index contributed by atoms with van der Waals surface area (Å²) >= 11 is 5.98. The zero-order valence-corrected chi connectivity index (χ0v) is 22.0. The molecule has 0 aromatic heterocycles. The molecule has 36 heavy (non-hydrogen) atoms. The van der Waals surface area contributed by atoms with Gasteiger partial charge in [0.15, 0.2) is 0 Å². The number of halogens is 1. The number of hydrogen-bond acceptors (Lipinski definition) is 4. The Hall–Kier alpha value is -2.38. The summed E-state index contributed by atoms with van der Waals surface area (Å²) in [5, 5.41) is 6.78. The number of unbranched alkanes of at least 4 members (excludes halogenated alkanes) is 1. The molecule has 0 unspecified atom stereocenters. The van der Waals surface area contributed by atoms with Gasteiger partial charge in [-0.2, -0.15) is 0 Å². The van der Waals surface area contributed by atoms with E-state index < -0.39 is 29.6 Å². The van der Waals surface area contributed by atoms with Crippen molar-refractivity contribution in [2.24, 2.45) is 23.7 Å². The molecular formula is C28H36ClN3O4. The molecule has 1 aromatic rings. The lowest BCUT2D eigenvalue weighted by molar-refractivity contribution is -0.141. The van der Waals surface area contributed by atoms with Crippen LogP contribution in [0.4, 0.5) is 5.69 Å². The van der Waals surface area contributed by atoms with Gasteiger partial charge in [-0.05, 0) is 48.9 Å². The standard InChI is InChI=1S/C28H36ClN3O4/c1-4-5-15-32-24(26(34)31-20-8-6-7-16(2)17(20)3)28-14-13-21(36-28)22(23(28)27(32)35)25(33)30-19-11-9-18(29)10-12-19/h9-14,16-17,20-24H,4-8,15H2,1-3H3,(H,30,33)(H,31,34)/t16-,17-,20-,21+,22-,23+,24+,28+/m1/s1. The topological polar surface area (TPSA) is 87.7 Å². The van der Waals surface area contributed by atoms with Gasteiger partial charge in [0, 0.05) is 23.3 Å². The number of likely N-dealkylation sites (tertiary alicyclic amines) is 1. The van der Waals surface area contributed by atoms with Gasteiger partial charge in [-0.1, -0.05) is 63.8 Å². The summed E-state index contributed by atoms with van der Waals surface area (Å²) in [4.78, 5) is 42.8. The molecule has 0 radical (unpaired) electrons. The molecule has 5 rings (SSSR count). The first-order valence-electron chi connectivity index (χ1n) is 13.3. The highest BCUT2D eigenvalue weighted by molar-refractivity contribution is 6.30. The molecule has 3 heterocycles. The van der Waals surface area contributed by atoms with Crippen molar-refractivity contribution in [3.8, 4) is 0 Å². The van der Waals surface area contributed by atoms with Crippen LogP contribution in [-0.4, -0.2) is 53.0 Å². The van der Waals surface area contributed by atoms with Crippen LogP contribution in [0.25, 0.3) is 0 Å². The van der Waals surface area contributed by atoms with E-state index in [1.807, 2.05) is 12.2 Å². The SMILES string of the molecule is CCCCN1C(=O)[C@@H]2[C@H](C(=O)Nc3ccc(Cl)cc3)[C@@H]3C=C[C@@]2(O3)[C@@H]1C(=O)N[C@@H]1CCC[C@@H](C)[C@H]1C. The fourth-order valence-electron chi connectivity index (χ4n) is 6.64. The molecule has 4 aliphatic rings. The highest BCUT2D eigenvalue weighted by atomic mass is 35.5. The van der Waals surface area contributed by atoms with Crippen molar-refractivity contribution in [3.05, 3.63) is 41.4 Å². The van der Waals surface area contributed by atoms with Crippen molar-refractivity contribution in [2.75, 3.05) is 11.9 Å². The largest absolute Gasteiger partial charge is 0.359 e. The number of anilines is 1. The molecule has 8 atom stereocenters. The van der Waals surface area contributed by atoms with E-state index in [0.717, 1.165) is 25.7 Å². The number of hydrogen-bond donors (Lipinski definition) is 2. The molecule has 8 heteroatoms. The molecule has 2 bridgehead atoms. The van der Waals surface area contributed by atoms with Crippen LogP contribution in [0.2, 0.25) is 5.02 Å². The molecule has 7 nitrogen and oxygen atoms in total. The predicted molar refractivity (Wildman–Crippen MR) is 138 cm³/mol. The van der Waals surface area contributed by atoms with Crippen LogP contribution >= 0.6 is 11.6 Å². The monoisotopic (exact) mass is 513 g/mol. The lowest BCUT2D eigenvalue weighted by Gasteiger charge is -2.38. The minimum atomic E-state index is -1.12. The highest BCUT2D eigenvalue weighted by Crippen LogP contribution is 2.55. The second kappa shape index (κ2) is 9.82. The predicted octanol–water partition coefficient (Wildman–Crippen LogP) is 4.17. The van der Waals surface area contributed by atoms with Crippen LogP contribution in [-0.2, 0) is 19.1 Å². The molecule has 1 aromatic carbocycles. The Bertz CT molecular complexity index is 1060. The summed E-state index contributed by atoms with van der Waals surface area (Å²) in [6.45, 7) is 6.96. The smallest absolute Gasteiger partial charge is 0.246 e. The maximum Gasteiger partial charge on any atom is 0.246 e. The number of carbonyl (C=O) groups excluding carboxylic acids is 3. The third-order valence-electron chi connectivity index (χ3n) is 8.82. The van der Waals surface area contributed by atoms with E-state index in [4.69, 9.17) is 16.3 Å². The number of nitrogens with one attached hydrogen (secondary N) is 2. The third kappa shape index (κ3) is 4.14. The molecule has 1 spiro atoms. The van der Waals surface area contributed by atoms with Crippen molar-refractivity contribution in [1.82, 2.24) is 10.2 Å².